The second-order valence-electron chi connectivity index (χ2n) is 4.49. The first kappa shape index (κ1) is 15.1. The summed E-state index contributed by atoms with van der Waals surface area (Å²) in [7, 11) is 0. The van der Waals surface area contributed by atoms with Crippen molar-refractivity contribution < 1.29 is 14.7 Å². The fraction of sp³-hybridized carbons (Fsp3) is 0.692. The van der Waals surface area contributed by atoms with Crippen molar-refractivity contribution in [1.29, 1.82) is 0 Å². The highest BCUT2D eigenvalue weighted by Gasteiger charge is 2.35. The Hall–Kier alpha value is -0.970. The zero-order valence-corrected chi connectivity index (χ0v) is 11.4. The van der Waals surface area contributed by atoms with Gasteiger partial charge in [-0.25, -0.2) is 0 Å². The summed E-state index contributed by atoms with van der Waals surface area (Å²) >= 11 is 1.70. The van der Waals surface area contributed by atoms with Crippen LogP contribution in [0.5, 0.6) is 0 Å². The molecular formula is C13H21NO3S. The van der Waals surface area contributed by atoms with Crippen LogP contribution < -0.4 is 5.32 Å². The summed E-state index contributed by atoms with van der Waals surface area (Å²) in [6.07, 6.45) is 5.01. The van der Waals surface area contributed by atoms with Gasteiger partial charge in [0.05, 0.1) is 11.8 Å². The maximum atomic E-state index is 11.9. The topological polar surface area (TPSA) is 66.4 Å². The van der Waals surface area contributed by atoms with Gasteiger partial charge >= 0.3 is 5.97 Å². The summed E-state index contributed by atoms with van der Waals surface area (Å²) in [4.78, 5) is 23.0. The highest BCUT2D eigenvalue weighted by molar-refractivity contribution is 7.99. The van der Waals surface area contributed by atoms with E-state index in [2.05, 4.69) is 11.9 Å². The van der Waals surface area contributed by atoms with Gasteiger partial charge in [-0.15, -0.1) is 6.58 Å². The lowest BCUT2D eigenvalue weighted by molar-refractivity contribution is -0.148. The number of nitrogens with one attached hydrogen (secondary N) is 1. The van der Waals surface area contributed by atoms with Gasteiger partial charge in [-0.2, -0.15) is 11.8 Å². The maximum Gasteiger partial charge on any atom is 0.307 e. The van der Waals surface area contributed by atoms with Crippen LogP contribution in [0.3, 0.4) is 0 Å². The molecule has 1 saturated carbocycles. The molecule has 0 aliphatic heterocycles. The molecule has 0 bridgehead atoms. The van der Waals surface area contributed by atoms with E-state index in [1.54, 1.807) is 11.8 Å². The number of hydrogen-bond donors (Lipinski definition) is 2. The molecular weight excluding hydrogens is 250 g/mol. The van der Waals surface area contributed by atoms with E-state index in [4.69, 9.17) is 5.11 Å². The van der Waals surface area contributed by atoms with Gasteiger partial charge in [-0.1, -0.05) is 18.9 Å². The van der Waals surface area contributed by atoms with E-state index in [1.165, 1.54) is 0 Å². The van der Waals surface area contributed by atoms with E-state index < -0.39 is 11.9 Å². The molecule has 1 fully saturated rings. The zero-order chi connectivity index (χ0) is 13.4. The first-order chi connectivity index (χ1) is 8.66. The van der Waals surface area contributed by atoms with Crippen molar-refractivity contribution in [3.63, 3.8) is 0 Å². The van der Waals surface area contributed by atoms with E-state index in [-0.39, 0.29) is 11.8 Å². The fourth-order valence-electron chi connectivity index (χ4n) is 2.28. The summed E-state index contributed by atoms with van der Waals surface area (Å²) in [5, 5.41) is 11.9. The molecule has 102 valence electrons. The Labute approximate surface area is 112 Å². The van der Waals surface area contributed by atoms with E-state index in [1.807, 2.05) is 6.08 Å². The number of carboxylic acid groups (broad SMARTS) is 1. The molecule has 1 aliphatic rings. The molecule has 0 aromatic carbocycles. The predicted molar refractivity (Wildman–Crippen MR) is 73.6 cm³/mol. The van der Waals surface area contributed by atoms with Crippen molar-refractivity contribution in [2.75, 3.05) is 18.1 Å². The smallest absolute Gasteiger partial charge is 0.307 e. The number of hydrogen-bond acceptors (Lipinski definition) is 3. The average molecular weight is 271 g/mol. The number of amides is 1. The molecule has 18 heavy (non-hydrogen) atoms. The Bertz CT molecular complexity index is 307. The first-order valence-electron chi connectivity index (χ1n) is 6.36. The molecule has 0 heterocycles. The quantitative estimate of drug-likeness (QED) is 0.548. The summed E-state index contributed by atoms with van der Waals surface area (Å²) in [6, 6.07) is 0. The fourth-order valence-corrected chi connectivity index (χ4v) is 2.86. The Morgan fingerprint density at radius 1 is 1.33 bits per heavy atom. The number of carbonyl (C=O) groups is 2. The Morgan fingerprint density at radius 2 is 2.00 bits per heavy atom. The van der Waals surface area contributed by atoms with Crippen LogP contribution in [0, 0.1) is 11.8 Å². The SMILES string of the molecule is C=CCSCCNC(=O)C1CCCCC1C(=O)O. The Balaban J connectivity index is 2.34. The predicted octanol–water partition coefficient (Wildman–Crippen LogP) is 1.91. The highest BCUT2D eigenvalue weighted by Crippen LogP contribution is 2.30. The van der Waals surface area contributed by atoms with Crippen molar-refractivity contribution in [3.05, 3.63) is 12.7 Å². The minimum atomic E-state index is -0.837. The van der Waals surface area contributed by atoms with Gasteiger partial charge in [0.15, 0.2) is 0 Å². The largest absolute Gasteiger partial charge is 0.481 e. The van der Waals surface area contributed by atoms with Gasteiger partial charge in [0.2, 0.25) is 5.91 Å². The first-order valence-corrected chi connectivity index (χ1v) is 7.51. The molecule has 0 saturated heterocycles. The molecule has 0 aromatic rings. The Kier molecular flexibility index (Phi) is 6.86. The van der Waals surface area contributed by atoms with Crippen molar-refractivity contribution in [2.24, 2.45) is 11.8 Å². The number of aliphatic carboxylic acids is 1. The zero-order valence-electron chi connectivity index (χ0n) is 10.6. The molecule has 2 N–H and O–H groups in total. The van der Waals surface area contributed by atoms with Crippen LogP contribution in [-0.4, -0.2) is 35.0 Å². The van der Waals surface area contributed by atoms with Crippen molar-refractivity contribution in [2.45, 2.75) is 25.7 Å². The lowest BCUT2D eigenvalue weighted by Crippen LogP contribution is -2.40. The third-order valence-corrected chi connectivity index (χ3v) is 4.17. The normalized spacial score (nSPS) is 23.3. The van der Waals surface area contributed by atoms with Crippen molar-refractivity contribution in [3.8, 4) is 0 Å². The molecule has 0 spiro atoms. The molecule has 1 aliphatic carbocycles. The molecule has 0 aromatic heterocycles. The minimum Gasteiger partial charge on any atom is -0.481 e. The van der Waals surface area contributed by atoms with Crippen molar-refractivity contribution >= 4 is 23.6 Å². The van der Waals surface area contributed by atoms with Crippen LogP contribution >= 0.6 is 11.8 Å². The molecule has 1 amide bonds. The molecule has 4 nitrogen and oxygen atoms in total. The minimum absolute atomic E-state index is 0.0960. The van der Waals surface area contributed by atoms with Crippen LogP contribution in [0.2, 0.25) is 0 Å². The summed E-state index contributed by atoms with van der Waals surface area (Å²) in [5.41, 5.74) is 0. The van der Waals surface area contributed by atoms with E-state index in [0.717, 1.165) is 24.3 Å². The third kappa shape index (κ3) is 4.72. The van der Waals surface area contributed by atoms with Crippen LogP contribution in [0.25, 0.3) is 0 Å². The van der Waals surface area contributed by atoms with Gasteiger partial charge in [-0.05, 0) is 12.8 Å². The molecule has 2 atom stereocenters. The lowest BCUT2D eigenvalue weighted by atomic mass is 9.79. The number of carboxylic acids is 1. The lowest BCUT2D eigenvalue weighted by Gasteiger charge is -2.27. The van der Waals surface area contributed by atoms with E-state index in [0.29, 0.717) is 19.4 Å². The average Bonchev–Trinajstić information content (AvgIpc) is 2.38. The summed E-state index contributed by atoms with van der Waals surface area (Å²) in [6.45, 7) is 4.22. The summed E-state index contributed by atoms with van der Waals surface area (Å²) in [5.74, 6) is -0.0726. The maximum absolute atomic E-state index is 11.9. The Morgan fingerprint density at radius 3 is 2.61 bits per heavy atom. The highest BCUT2D eigenvalue weighted by atomic mass is 32.2. The van der Waals surface area contributed by atoms with E-state index in [9.17, 15) is 9.59 Å². The molecule has 2 unspecified atom stereocenters. The third-order valence-electron chi connectivity index (χ3n) is 3.20. The van der Waals surface area contributed by atoms with Gasteiger partial charge < -0.3 is 10.4 Å². The van der Waals surface area contributed by atoms with Gasteiger partial charge in [0.1, 0.15) is 0 Å². The molecule has 0 radical (unpaired) electrons. The van der Waals surface area contributed by atoms with Crippen LogP contribution in [0.1, 0.15) is 25.7 Å². The summed E-state index contributed by atoms with van der Waals surface area (Å²) < 4.78 is 0. The number of rotatable bonds is 7. The van der Waals surface area contributed by atoms with Crippen LogP contribution in [-0.2, 0) is 9.59 Å². The molecule has 5 heteroatoms. The van der Waals surface area contributed by atoms with Crippen LogP contribution in [0.15, 0.2) is 12.7 Å². The van der Waals surface area contributed by atoms with E-state index >= 15 is 0 Å². The van der Waals surface area contributed by atoms with Gasteiger partial charge in [0, 0.05) is 18.1 Å². The van der Waals surface area contributed by atoms with Crippen molar-refractivity contribution in [1.82, 2.24) is 5.32 Å². The van der Waals surface area contributed by atoms with Gasteiger partial charge in [0.25, 0.3) is 0 Å². The standard InChI is InChI=1S/C13H21NO3S/c1-2-8-18-9-7-14-12(15)10-5-3-4-6-11(10)13(16)17/h2,10-11H,1,3-9H2,(H,14,15)(H,16,17). The number of carbonyl (C=O) groups excluding carboxylic acids is 1. The number of thioether (sulfide) groups is 1. The van der Waals surface area contributed by atoms with Gasteiger partial charge in [-0.3, -0.25) is 9.59 Å². The second-order valence-corrected chi connectivity index (χ2v) is 5.64. The molecule has 1 rings (SSSR count). The second kappa shape index (κ2) is 8.19. The monoisotopic (exact) mass is 271 g/mol. The van der Waals surface area contributed by atoms with Crippen LogP contribution in [0.4, 0.5) is 0 Å².